The number of nitrogens with zero attached hydrogens (tertiary/aromatic N) is 1. The molecule has 0 radical (unpaired) electrons. The summed E-state index contributed by atoms with van der Waals surface area (Å²) in [6, 6.07) is 11.5. The minimum Gasteiger partial charge on any atom is -0.493 e. The van der Waals surface area contributed by atoms with E-state index in [2.05, 4.69) is 15.0 Å². The van der Waals surface area contributed by atoms with Crippen LogP contribution in [0.4, 0.5) is 5.69 Å². The van der Waals surface area contributed by atoms with Gasteiger partial charge >= 0.3 is 0 Å². The van der Waals surface area contributed by atoms with Crippen molar-refractivity contribution in [1.29, 1.82) is 0 Å². The number of amidine groups is 1. The fourth-order valence-corrected chi connectivity index (χ4v) is 4.47. The maximum atomic E-state index is 12.8. The summed E-state index contributed by atoms with van der Waals surface area (Å²) in [6.45, 7) is 3.00. The molecule has 1 aliphatic rings. The number of ether oxygens (including phenoxy) is 2. The number of methoxy groups -OCH3 is 1. The molecule has 0 aromatic heterocycles. The van der Waals surface area contributed by atoms with Crippen LogP contribution in [-0.2, 0) is 14.8 Å². The Kier molecular flexibility index (Phi) is 8.48. The fraction of sp³-hybridized carbons (Fsp3) is 0.333. The number of nitrogens with one attached hydrogen (secondary N) is 2. The van der Waals surface area contributed by atoms with E-state index in [-0.39, 0.29) is 10.8 Å². The molecule has 0 unspecified atom stereocenters. The van der Waals surface area contributed by atoms with E-state index in [1.807, 2.05) is 6.92 Å². The van der Waals surface area contributed by atoms with Crippen molar-refractivity contribution in [2.24, 2.45) is 4.99 Å². The Hall–Kier alpha value is -3.33. The summed E-state index contributed by atoms with van der Waals surface area (Å²) in [5, 5.41) is 2.70. The second-order valence-electron chi connectivity index (χ2n) is 7.44. The highest BCUT2D eigenvalue weighted by molar-refractivity contribution is 7.90. The van der Waals surface area contributed by atoms with Crippen molar-refractivity contribution < 1.29 is 22.7 Å². The first-order chi connectivity index (χ1) is 15.9. The summed E-state index contributed by atoms with van der Waals surface area (Å²) in [5.74, 6) is 1.29. The fourth-order valence-electron chi connectivity index (χ4n) is 3.33. The van der Waals surface area contributed by atoms with Gasteiger partial charge in [0.2, 0.25) is 5.91 Å². The van der Waals surface area contributed by atoms with Gasteiger partial charge in [0, 0.05) is 24.7 Å². The molecule has 1 heterocycles. The predicted molar refractivity (Wildman–Crippen MR) is 129 cm³/mol. The van der Waals surface area contributed by atoms with Crippen molar-refractivity contribution in [2.45, 2.75) is 37.5 Å². The number of hydrogen-bond donors (Lipinski definition) is 2. The molecule has 0 fully saturated rings. The third-order valence-electron chi connectivity index (χ3n) is 4.95. The molecule has 3 rings (SSSR count). The van der Waals surface area contributed by atoms with Gasteiger partial charge in [0.05, 0.1) is 18.6 Å². The second kappa shape index (κ2) is 11.5. The van der Waals surface area contributed by atoms with Crippen molar-refractivity contribution in [3.05, 3.63) is 54.1 Å². The van der Waals surface area contributed by atoms with E-state index in [9.17, 15) is 13.2 Å². The molecule has 0 saturated heterocycles. The molecule has 33 heavy (non-hydrogen) atoms. The lowest BCUT2D eigenvalue weighted by Gasteiger charge is -2.11. The Labute approximate surface area is 194 Å². The van der Waals surface area contributed by atoms with Crippen LogP contribution < -0.4 is 19.5 Å². The summed E-state index contributed by atoms with van der Waals surface area (Å²) in [7, 11) is -2.22. The van der Waals surface area contributed by atoms with E-state index in [4.69, 9.17) is 9.47 Å². The van der Waals surface area contributed by atoms with Crippen molar-refractivity contribution >= 4 is 33.5 Å². The van der Waals surface area contributed by atoms with Gasteiger partial charge in [-0.25, -0.2) is 8.42 Å². The van der Waals surface area contributed by atoms with Gasteiger partial charge in [-0.05, 0) is 61.7 Å². The van der Waals surface area contributed by atoms with Gasteiger partial charge in [-0.1, -0.05) is 18.6 Å². The maximum absolute atomic E-state index is 12.8. The highest BCUT2D eigenvalue weighted by Gasteiger charge is 2.18. The number of carbonyl (C=O) groups excluding carboxylic acids is 1. The van der Waals surface area contributed by atoms with Crippen LogP contribution in [0.5, 0.6) is 11.5 Å². The Morgan fingerprint density at radius 1 is 1.12 bits per heavy atom. The van der Waals surface area contributed by atoms with Crippen LogP contribution in [0.3, 0.4) is 0 Å². The zero-order valence-corrected chi connectivity index (χ0v) is 19.7. The zero-order chi connectivity index (χ0) is 23.7. The molecule has 0 saturated carbocycles. The molecule has 0 aliphatic carbocycles. The lowest BCUT2D eigenvalue weighted by molar-refractivity contribution is -0.111. The number of carbonyl (C=O) groups is 1. The minimum absolute atomic E-state index is 0.0627. The molecule has 2 N–H and O–H groups in total. The maximum Gasteiger partial charge on any atom is 0.262 e. The largest absolute Gasteiger partial charge is 0.493 e. The molecule has 8 nitrogen and oxygen atoms in total. The average Bonchev–Trinajstić information content (AvgIpc) is 3.06. The van der Waals surface area contributed by atoms with Crippen LogP contribution in [0.15, 0.2) is 58.4 Å². The van der Waals surface area contributed by atoms with Gasteiger partial charge in [-0.3, -0.25) is 14.5 Å². The number of benzene rings is 2. The van der Waals surface area contributed by atoms with Crippen LogP contribution in [0.25, 0.3) is 6.08 Å². The summed E-state index contributed by atoms with van der Waals surface area (Å²) in [4.78, 5) is 16.8. The van der Waals surface area contributed by atoms with E-state index < -0.39 is 10.0 Å². The SMILES string of the molecule is CCOc1cc(/C=C/C(=O)Nc2cccc(S(=O)(=O)NC3=NCCCCC3)c2)ccc1OC. The highest BCUT2D eigenvalue weighted by Crippen LogP contribution is 2.28. The molecule has 0 spiro atoms. The molecule has 176 valence electrons. The molecule has 2 aromatic carbocycles. The average molecular weight is 472 g/mol. The van der Waals surface area contributed by atoms with E-state index in [1.54, 1.807) is 43.5 Å². The van der Waals surface area contributed by atoms with Crippen LogP contribution in [0, 0.1) is 0 Å². The van der Waals surface area contributed by atoms with E-state index in [1.165, 1.54) is 18.2 Å². The van der Waals surface area contributed by atoms with E-state index in [0.717, 1.165) is 24.8 Å². The van der Waals surface area contributed by atoms with Crippen molar-refractivity contribution in [1.82, 2.24) is 4.72 Å². The van der Waals surface area contributed by atoms with Crippen LogP contribution in [-0.4, -0.2) is 40.4 Å². The summed E-state index contributed by atoms with van der Waals surface area (Å²) in [5.41, 5.74) is 1.14. The van der Waals surface area contributed by atoms with Gasteiger partial charge in [0.25, 0.3) is 10.0 Å². The monoisotopic (exact) mass is 471 g/mol. The smallest absolute Gasteiger partial charge is 0.262 e. The highest BCUT2D eigenvalue weighted by atomic mass is 32.2. The zero-order valence-electron chi connectivity index (χ0n) is 18.8. The Balaban J connectivity index is 1.68. The minimum atomic E-state index is -3.78. The first-order valence-electron chi connectivity index (χ1n) is 10.9. The number of rotatable bonds is 8. The van der Waals surface area contributed by atoms with Crippen LogP contribution in [0.2, 0.25) is 0 Å². The molecular weight excluding hydrogens is 442 g/mol. The summed E-state index contributed by atoms with van der Waals surface area (Å²) in [6.07, 6.45) is 6.53. The summed E-state index contributed by atoms with van der Waals surface area (Å²) < 4.78 is 38.9. The number of aliphatic imine (C=N–C) groups is 1. The molecule has 1 aliphatic heterocycles. The number of amides is 1. The quantitative estimate of drug-likeness (QED) is 0.566. The van der Waals surface area contributed by atoms with Gasteiger partial charge in [-0.2, -0.15) is 0 Å². The van der Waals surface area contributed by atoms with Crippen molar-refractivity contribution in [3.63, 3.8) is 0 Å². The number of sulfonamides is 1. The predicted octanol–water partition coefficient (Wildman–Crippen LogP) is 4.00. The molecule has 2 aromatic rings. The van der Waals surface area contributed by atoms with Gasteiger partial charge in [-0.15, -0.1) is 0 Å². The molecule has 0 atom stereocenters. The third kappa shape index (κ3) is 7.08. The van der Waals surface area contributed by atoms with Crippen LogP contribution in [0.1, 0.15) is 38.2 Å². The van der Waals surface area contributed by atoms with Crippen LogP contribution >= 0.6 is 0 Å². The van der Waals surface area contributed by atoms with Gasteiger partial charge in [0.15, 0.2) is 11.5 Å². The molecule has 0 bridgehead atoms. The Morgan fingerprint density at radius 2 is 1.97 bits per heavy atom. The second-order valence-corrected chi connectivity index (χ2v) is 9.12. The lowest BCUT2D eigenvalue weighted by Crippen LogP contribution is -2.30. The number of hydrogen-bond acceptors (Lipinski definition) is 6. The Morgan fingerprint density at radius 3 is 2.76 bits per heavy atom. The first kappa shape index (κ1) is 24.3. The normalized spacial score (nSPS) is 14.3. The van der Waals surface area contributed by atoms with Crippen molar-refractivity contribution in [3.8, 4) is 11.5 Å². The van der Waals surface area contributed by atoms with E-state index in [0.29, 0.717) is 42.6 Å². The van der Waals surface area contributed by atoms with Gasteiger partial charge < -0.3 is 14.8 Å². The Bertz CT molecular complexity index is 1140. The third-order valence-corrected chi connectivity index (χ3v) is 6.33. The van der Waals surface area contributed by atoms with Gasteiger partial charge in [0.1, 0.15) is 5.84 Å². The molecular formula is C24H29N3O5S. The number of anilines is 1. The standard InChI is InChI=1S/C24H29N3O5S/c1-3-32-22-16-18(11-13-21(22)31-2)12-14-24(28)26-19-8-7-9-20(17-19)33(29,30)27-23-10-5-4-6-15-25-23/h7-9,11-14,16-17H,3-6,10,15H2,1-2H3,(H,25,27)(H,26,28)/b14-12+. The topological polar surface area (TPSA) is 106 Å². The van der Waals surface area contributed by atoms with E-state index >= 15 is 0 Å². The van der Waals surface area contributed by atoms with Crippen molar-refractivity contribution in [2.75, 3.05) is 25.6 Å². The summed E-state index contributed by atoms with van der Waals surface area (Å²) >= 11 is 0. The molecule has 9 heteroatoms. The molecule has 1 amide bonds. The lowest BCUT2D eigenvalue weighted by atomic mass is 10.2. The first-order valence-corrected chi connectivity index (χ1v) is 12.4.